The average molecular weight is 305 g/mol. The number of para-hydroxylation sites is 1. The Morgan fingerprint density at radius 2 is 1.73 bits per heavy atom. The summed E-state index contributed by atoms with van der Waals surface area (Å²) in [5.74, 6) is -0.701. The van der Waals surface area contributed by atoms with Gasteiger partial charge in [0.15, 0.2) is 0 Å². The number of hydrogen-bond donors (Lipinski definition) is 2. The number of carbonyl (C=O) groups is 3. The molecule has 0 spiro atoms. The fourth-order valence-corrected chi connectivity index (χ4v) is 1.92. The van der Waals surface area contributed by atoms with Crippen molar-refractivity contribution in [3.8, 4) is 0 Å². The van der Waals surface area contributed by atoms with Crippen LogP contribution >= 0.6 is 0 Å². The van der Waals surface area contributed by atoms with Crippen LogP contribution in [0.15, 0.2) is 30.3 Å². The number of carbonyl (C=O) groups excluding carboxylic acids is 3. The number of rotatable bonds is 8. The molecule has 0 aliphatic rings. The molecular weight excluding hydrogens is 282 g/mol. The van der Waals surface area contributed by atoms with Crippen LogP contribution in [0.4, 0.5) is 5.69 Å². The number of benzene rings is 1. The Bertz CT molecular complexity index is 503. The molecule has 0 unspecified atom stereocenters. The number of nitrogens with one attached hydrogen (secondary N) is 2. The van der Waals surface area contributed by atoms with Gasteiger partial charge in [0, 0.05) is 18.7 Å². The Hall–Kier alpha value is -2.37. The van der Waals surface area contributed by atoms with Crippen LogP contribution in [0.1, 0.15) is 26.7 Å². The summed E-state index contributed by atoms with van der Waals surface area (Å²) in [6, 6.07) is 9.01. The average Bonchev–Trinajstić information content (AvgIpc) is 2.52. The Labute approximate surface area is 130 Å². The molecule has 0 saturated carbocycles. The summed E-state index contributed by atoms with van der Waals surface area (Å²) < 4.78 is 0. The molecule has 2 N–H and O–H groups in total. The van der Waals surface area contributed by atoms with Gasteiger partial charge >= 0.3 is 0 Å². The van der Waals surface area contributed by atoms with Gasteiger partial charge in [-0.1, -0.05) is 32.0 Å². The zero-order valence-corrected chi connectivity index (χ0v) is 13.1. The lowest BCUT2D eigenvalue weighted by molar-refractivity contribution is -0.136. The fourth-order valence-electron chi connectivity index (χ4n) is 1.92. The lowest BCUT2D eigenvalue weighted by atomic mass is 10.3. The van der Waals surface area contributed by atoms with E-state index in [1.165, 1.54) is 4.90 Å². The Kier molecular flexibility index (Phi) is 7.67. The highest BCUT2D eigenvalue weighted by Crippen LogP contribution is 2.04. The van der Waals surface area contributed by atoms with Crippen LogP contribution in [0, 0.1) is 0 Å². The van der Waals surface area contributed by atoms with E-state index in [4.69, 9.17) is 0 Å². The smallest absolute Gasteiger partial charge is 0.243 e. The molecule has 22 heavy (non-hydrogen) atoms. The van der Waals surface area contributed by atoms with Crippen LogP contribution in [-0.2, 0) is 14.4 Å². The third-order valence-electron chi connectivity index (χ3n) is 2.99. The molecular formula is C16H23N3O3. The molecule has 0 fully saturated rings. The molecule has 6 heteroatoms. The van der Waals surface area contributed by atoms with Crippen LogP contribution in [0.5, 0.6) is 0 Å². The Balaban J connectivity index is 2.38. The molecule has 0 aromatic heterocycles. The topological polar surface area (TPSA) is 78.5 Å². The van der Waals surface area contributed by atoms with Crippen LogP contribution in [0.3, 0.4) is 0 Å². The van der Waals surface area contributed by atoms with E-state index >= 15 is 0 Å². The van der Waals surface area contributed by atoms with Crippen LogP contribution in [-0.4, -0.2) is 42.3 Å². The van der Waals surface area contributed by atoms with Crippen molar-refractivity contribution in [3.05, 3.63) is 30.3 Å². The van der Waals surface area contributed by atoms with Crippen molar-refractivity contribution >= 4 is 23.4 Å². The van der Waals surface area contributed by atoms with Gasteiger partial charge in [-0.2, -0.15) is 0 Å². The molecule has 0 aliphatic heterocycles. The second kappa shape index (κ2) is 9.55. The van der Waals surface area contributed by atoms with Gasteiger partial charge in [0.05, 0.1) is 13.1 Å². The third kappa shape index (κ3) is 6.39. The zero-order chi connectivity index (χ0) is 16.4. The third-order valence-corrected chi connectivity index (χ3v) is 2.99. The minimum atomic E-state index is -0.335. The van der Waals surface area contributed by atoms with Crippen LogP contribution in [0.25, 0.3) is 0 Å². The normalized spacial score (nSPS) is 9.91. The lowest BCUT2D eigenvalue weighted by Crippen LogP contribution is -2.43. The summed E-state index contributed by atoms with van der Waals surface area (Å²) in [6.07, 6.45) is 1.15. The van der Waals surface area contributed by atoms with E-state index in [9.17, 15) is 14.4 Å². The molecule has 3 amide bonds. The maximum absolute atomic E-state index is 11.8. The second-order valence-corrected chi connectivity index (χ2v) is 4.86. The van der Waals surface area contributed by atoms with E-state index in [0.29, 0.717) is 18.7 Å². The van der Waals surface area contributed by atoms with E-state index < -0.39 is 0 Å². The molecule has 0 aliphatic carbocycles. The molecule has 120 valence electrons. The predicted molar refractivity (Wildman–Crippen MR) is 85.2 cm³/mol. The summed E-state index contributed by atoms with van der Waals surface area (Å²) in [5, 5.41) is 5.20. The van der Waals surface area contributed by atoms with Crippen molar-refractivity contribution in [1.82, 2.24) is 10.2 Å². The molecule has 0 bridgehead atoms. The summed E-state index contributed by atoms with van der Waals surface area (Å²) in [7, 11) is 0. The van der Waals surface area contributed by atoms with Gasteiger partial charge < -0.3 is 15.5 Å². The quantitative estimate of drug-likeness (QED) is 0.762. The Morgan fingerprint density at radius 3 is 2.32 bits per heavy atom. The van der Waals surface area contributed by atoms with E-state index in [1.54, 1.807) is 19.1 Å². The minimum Gasteiger partial charge on any atom is -0.345 e. The lowest BCUT2D eigenvalue weighted by Gasteiger charge is -2.20. The largest absolute Gasteiger partial charge is 0.345 e. The summed E-state index contributed by atoms with van der Waals surface area (Å²) in [6.45, 7) is 4.11. The monoisotopic (exact) mass is 305 g/mol. The van der Waals surface area contributed by atoms with Gasteiger partial charge in [0.25, 0.3) is 0 Å². The molecule has 1 aromatic carbocycles. The maximum atomic E-state index is 11.8. The summed E-state index contributed by atoms with van der Waals surface area (Å²) in [5.41, 5.74) is 0.676. The van der Waals surface area contributed by atoms with Crippen LogP contribution < -0.4 is 10.6 Å². The second-order valence-electron chi connectivity index (χ2n) is 4.86. The highest BCUT2D eigenvalue weighted by Gasteiger charge is 2.15. The minimum absolute atomic E-state index is 0.0148. The first-order valence-corrected chi connectivity index (χ1v) is 7.46. The molecule has 0 radical (unpaired) electrons. The van der Waals surface area contributed by atoms with E-state index in [1.807, 2.05) is 25.1 Å². The van der Waals surface area contributed by atoms with Gasteiger partial charge in [-0.25, -0.2) is 0 Å². The first-order chi connectivity index (χ1) is 10.6. The number of nitrogens with zero attached hydrogens (tertiary/aromatic N) is 1. The first-order valence-electron chi connectivity index (χ1n) is 7.46. The van der Waals surface area contributed by atoms with Gasteiger partial charge in [-0.05, 0) is 18.6 Å². The summed E-state index contributed by atoms with van der Waals surface area (Å²) >= 11 is 0. The van der Waals surface area contributed by atoms with Gasteiger partial charge in [0.2, 0.25) is 17.7 Å². The van der Waals surface area contributed by atoms with Gasteiger partial charge in [-0.3, -0.25) is 14.4 Å². The van der Waals surface area contributed by atoms with E-state index in [0.717, 1.165) is 6.42 Å². The molecule has 1 aromatic rings. The highest BCUT2D eigenvalue weighted by molar-refractivity contribution is 5.95. The molecule has 1 rings (SSSR count). The van der Waals surface area contributed by atoms with Crippen molar-refractivity contribution in [3.63, 3.8) is 0 Å². The maximum Gasteiger partial charge on any atom is 0.243 e. The van der Waals surface area contributed by atoms with Crippen molar-refractivity contribution < 1.29 is 14.4 Å². The molecule has 0 atom stereocenters. The molecule has 6 nitrogen and oxygen atoms in total. The van der Waals surface area contributed by atoms with Crippen molar-refractivity contribution in [2.75, 3.05) is 25.0 Å². The number of amides is 3. The Morgan fingerprint density at radius 1 is 1.05 bits per heavy atom. The standard InChI is InChI=1S/C16H23N3O3/c1-3-10-19(16(22)4-2)12-15(21)17-11-14(20)18-13-8-6-5-7-9-13/h5-9H,3-4,10-12H2,1-2H3,(H,17,21)(H,18,20). The molecule has 0 saturated heterocycles. The fraction of sp³-hybridized carbons (Fsp3) is 0.438. The predicted octanol–water partition coefficient (Wildman–Crippen LogP) is 1.39. The van der Waals surface area contributed by atoms with E-state index in [2.05, 4.69) is 10.6 Å². The van der Waals surface area contributed by atoms with E-state index in [-0.39, 0.29) is 30.8 Å². The SMILES string of the molecule is CCCN(CC(=O)NCC(=O)Nc1ccccc1)C(=O)CC. The van der Waals surface area contributed by atoms with Crippen molar-refractivity contribution in [2.24, 2.45) is 0 Å². The molecule has 0 heterocycles. The number of hydrogen-bond acceptors (Lipinski definition) is 3. The number of anilines is 1. The first kappa shape index (κ1) is 17.7. The zero-order valence-electron chi connectivity index (χ0n) is 13.1. The van der Waals surface area contributed by atoms with Crippen molar-refractivity contribution in [1.29, 1.82) is 0 Å². The summed E-state index contributed by atoms with van der Waals surface area (Å²) in [4.78, 5) is 36.7. The van der Waals surface area contributed by atoms with Gasteiger partial charge in [-0.15, -0.1) is 0 Å². The highest BCUT2D eigenvalue weighted by atomic mass is 16.2. The van der Waals surface area contributed by atoms with Gasteiger partial charge in [0.1, 0.15) is 0 Å². The van der Waals surface area contributed by atoms with Crippen LogP contribution in [0.2, 0.25) is 0 Å². The van der Waals surface area contributed by atoms with Crippen molar-refractivity contribution in [2.45, 2.75) is 26.7 Å².